The second kappa shape index (κ2) is 10.5. The van der Waals surface area contributed by atoms with Crippen LogP contribution in [0.2, 0.25) is 5.02 Å². The molecule has 1 aliphatic rings. The molecule has 8 nitrogen and oxygen atoms in total. The van der Waals surface area contributed by atoms with Crippen molar-refractivity contribution in [3.8, 4) is 17.7 Å². The van der Waals surface area contributed by atoms with E-state index in [2.05, 4.69) is 25.9 Å². The molecule has 37 heavy (non-hydrogen) atoms. The van der Waals surface area contributed by atoms with E-state index in [9.17, 15) is 9.59 Å². The molecule has 184 valence electrons. The van der Waals surface area contributed by atoms with Crippen LogP contribution < -0.4 is 0 Å². The molecule has 1 atom stereocenters. The number of nitriles is 1. The van der Waals surface area contributed by atoms with E-state index >= 15 is 0 Å². The summed E-state index contributed by atoms with van der Waals surface area (Å²) in [5, 5.41) is 9.71. The first-order valence-electron chi connectivity index (χ1n) is 11.4. The summed E-state index contributed by atoms with van der Waals surface area (Å²) in [4.78, 5) is 38.6. The molecule has 2 aromatic carbocycles. The summed E-state index contributed by atoms with van der Waals surface area (Å²) in [6, 6.07) is 19.2. The van der Waals surface area contributed by atoms with E-state index in [-0.39, 0.29) is 36.1 Å². The van der Waals surface area contributed by atoms with Crippen LogP contribution in [0, 0.1) is 11.3 Å². The molecule has 10 heteroatoms. The van der Waals surface area contributed by atoms with Crippen LogP contribution in [-0.4, -0.2) is 51.2 Å². The van der Waals surface area contributed by atoms with Gasteiger partial charge in [-0.3, -0.25) is 14.6 Å². The maximum Gasteiger partial charge on any atom is 0.291 e. The molecule has 0 bridgehead atoms. The van der Waals surface area contributed by atoms with Crippen LogP contribution in [0.4, 0.5) is 0 Å². The smallest absolute Gasteiger partial charge is 0.291 e. The highest BCUT2D eigenvalue weighted by molar-refractivity contribution is 9.10. The Morgan fingerprint density at radius 2 is 1.78 bits per heavy atom. The van der Waals surface area contributed by atoms with Crippen molar-refractivity contribution >= 4 is 39.3 Å². The zero-order chi connectivity index (χ0) is 25.9. The second-order valence-electron chi connectivity index (χ2n) is 8.40. The van der Waals surface area contributed by atoms with Gasteiger partial charge in [-0.25, -0.2) is 4.98 Å². The van der Waals surface area contributed by atoms with E-state index in [0.29, 0.717) is 34.9 Å². The van der Waals surface area contributed by atoms with E-state index in [1.54, 1.807) is 46.2 Å². The fraction of sp³-hybridized carbons (Fsp3) is 0.148. The molecule has 0 N–H and O–H groups in total. The predicted molar refractivity (Wildman–Crippen MR) is 140 cm³/mol. The van der Waals surface area contributed by atoms with Gasteiger partial charge in [-0.1, -0.05) is 39.7 Å². The molecule has 1 saturated heterocycles. The number of piperazine rings is 1. The molecule has 2 aromatic heterocycles. The van der Waals surface area contributed by atoms with Crippen molar-refractivity contribution in [3.05, 3.63) is 105 Å². The lowest BCUT2D eigenvalue weighted by molar-refractivity contribution is 0.0369. The van der Waals surface area contributed by atoms with Gasteiger partial charge in [0.15, 0.2) is 0 Å². The molecule has 4 aromatic rings. The molecule has 2 amide bonds. The van der Waals surface area contributed by atoms with E-state index in [1.165, 1.54) is 12.4 Å². The van der Waals surface area contributed by atoms with E-state index in [0.717, 1.165) is 10.0 Å². The van der Waals surface area contributed by atoms with Crippen molar-refractivity contribution < 1.29 is 14.0 Å². The zero-order valence-corrected chi connectivity index (χ0v) is 21.7. The molecule has 0 spiro atoms. The van der Waals surface area contributed by atoms with Crippen molar-refractivity contribution in [2.75, 3.05) is 19.6 Å². The number of hydrogen-bond acceptors (Lipinski definition) is 6. The van der Waals surface area contributed by atoms with Gasteiger partial charge >= 0.3 is 0 Å². The van der Waals surface area contributed by atoms with Crippen LogP contribution in [0.1, 0.15) is 38.1 Å². The number of halogens is 2. The average molecular weight is 577 g/mol. The number of pyridine rings is 1. The second-order valence-corrected chi connectivity index (χ2v) is 9.75. The Kier molecular flexibility index (Phi) is 7.04. The SMILES string of the molecule is N#Cc1ccnc(-c2ncc(C(=O)N3CCN(C(=O)c4ccc(Br)cc4)C(c4ccc(Cl)cc4)C3)o2)c1. The number of carbonyl (C=O) groups is 2. The monoisotopic (exact) mass is 575 g/mol. The maximum atomic E-state index is 13.4. The number of carbonyl (C=O) groups excluding carboxylic acids is 2. The Hall–Kier alpha value is -4.00. The van der Waals surface area contributed by atoms with E-state index < -0.39 is 0 Å². The molecular weight excluding hydrogens is 558 g/mol. The van der Waals surface area contributed by atoms with Crippen LogP contribution in [0.5, 0.6) is 0 Å². The fourth-order valence-corrected chi connectivity index (χ4v) is 4.59. The lowest BCUT2D eigenvalue weighted by atomic mass is 10.0. The summed E-state index contributed by atoms with van der Waals surface area (Å²) in [5.41, 5.74) is 2.20. The topological polar surface area (TPSA) is 103 Å². The third kappa shape index (κ3) is 5.26. The Balaban J connectivity index is 1.40. The van der Waals surface area contributed by atoms with Crippen molar-refractivity contribution in [1.29, 1.82) is 5.26 Å². The predicted octanol–water partition coefficient (Wildman–Crippen LogP) is 5.36. The fourth-order valence-electron chi connectivity index (χ4n) is 4.20. The first kappa shape index (κ1) is 24.7. The first-order chi connectivity index (χ1) is 17.9. The molecule has 0 radical (unpaired) electrons. The third-order valence-corrected chi connectivity index (χ3v) is 6.88. The summed E-state index contributed by atoms with van der Waals surface area (Å²) in [6.07, 6.45) is 2.84. The van der Waals surface area contributed by atoms with Crippen LogP contribution in [0.15, 0.2) is 81.9 Å². The molecule has 1 unspecified atom stereocenters. The molecule has 0 saturated carbocycles. The van der Waals surface area contributed by atoms with Crippen molar-refractivity contribution in [1.82, 2.24) is 19.8 Å². The van der Waals surface area contributed by atoms with Crippen molar-refractivity contribution in [2.45, 2.75) is 6.04 Å². The summed E-state index contributed by atoms with van der Waals surface area (Å²) in [6.45, 7) is 0.922. The minimum Gasteiger partial charge on any atom is -0.429 e. The summed E-state index contributed by atoms with van der Waals surface area (Å²) in [5.74, 6) is -0.254. The minimum atomic E-state index is -0.387. The number of benzene rings is 2. The summed E-state index contributed by atoms with van der Waals surface area (Å²) < 4.78 is 6.60. The number of amides is 2. The molecule has 1 aliphatic heterocycles. The number of rotatable bonds is 4. The zero-order valence-electron chi connectivity index (χ0n) is 19.3. The largest absolute Gasteiger partial charge is 0.429 e. The molecule has 5 rings (SSSR count). The quantitative estimate of drug-likeness (QED) is 0.324. The summed E-state index contributed by atoms with van der Waals surface area (Å²) >= 11 is 9.50. The van der Waals surface area contributed by atoms with Gasteiger partial charge in [-0.15, -0.1) is 0 Å². The lowest BCUT2D eigenvalue weighted by Gasteiger charge is -2.41. The number of oxazole rings is 1. The van der Waals surface area contributed by atoms with Gasteiger partial charge < -0.3 is 14.2 Å². The molecule has 3 heterocycles. The van der Waals surface area contributed by atoms with Gasteiger partial charge in [0.25, 0.3) is 11.8 Å². The van der Waals surface area contributed by atoms with Crippen LogP contribution in [0.3, 0.4) is 0 Å². The Labute approximate surface area is 226 Å². The van der Waals surface area contributed by atoms with Gasteiger partial charge in [-0.2, -0.15) is 5.26 Å². The molecular formula is C27H19BrClN5O3. The van der Waals surface area contributed by atoms with Crippen molar-refractivity contribution in [3.63, 3.8) is 0 Å². The highest BCUT2D eigenvalue weighted by Crippen LogP contribution is 2.30. The Bertz CT molecular complexity index is 1500. The number of aromatic nitrogens is 2. The molecule has 0 aliphatic carbocycles. The van der Waals surface area contributed by atoms with Gasteiger partial charge in [0.1, 0.15) is 5.69 Å². The third-order valence-electron chi connectivity index (χ3n) is 6.10. The normalized spacial score (nSPS) is 15.3. The highest BCUT2D eigenvalue weighted by Gasteiger charge is 2.35. The van der Waals surface area contributed by atoms with Crippen LogP contribution in [0.25, 0.3) is 11.6 Å². The highest BCUT2D eigenvalue weighted by atomic mass is 79.9. The van der Waals surface area contributed by atoms with Gasteiger partial charge in [0, 0.05) is 40.9 Å². The van der Waals surface area contributed by atoms with Crippen LogP contribution >= 0.6 is 27.5 Å². The van der Waals surface area contributed by atoms with E-state index in [1.807, 2.05) is 30.3 Å². The van der Waals surface area contributed by atoms with E-state index in [4.69, 9.17) is 21.3 Å². The lowest BCUT2D eigenvalue weighted by Crippen LogP contribution is -2.52. The Morgan fingerprint density at radius 3 is 2.51 bits per heavy atom. The van der Waals surface area contributed by atoms with Gasteiger partial charge in [0.2, 0.25) is 11.7 Å². The van der Waals surface area contributed by atoms with Gasteiger partial charge in [-0.05, 0) is 54.1 Å². The summed E-state index contributed by atoms with van der Waals surface area (Å²) in [7, 11) is 0. The Morgan fingerprint density at radius 1 is 1.03 bits per heavy atom. The number of nitrogens with zero attached hydrogens (tertiary/aromatic N) is 5. The number of hydrogen-bond donors (Lipinski definition) is 0. The first-order valence-corrected chi connectivity index (χ1v) is 12.5. The minimum absolute atomic E-state index is 0.0571. The van der Waals surface area contributed by atoms with Crippen molar-refractivity contribution in [2.24, 2.45) is 0 Å². The van der Waals surface area contributed by atoms with Crippen LogP contribution in [-0.2, 0) is 0 Å². The maximum absolute atomic E-state index is 13.4. The average Bonchev–Trinajstić information content (AvgIpc) is 3.43. The standard InChI is InChI=1S/C27H19BrClN5O3/c28-20-5-1-19(2-6-20)26(35)34-12-11-33(16-23(34)18-3-7-21(29)8-4-18)27(36)24-15-32-25(37-24)22-13-17(14-30)9-10-31-22/h1-10,13,15,23H,11-12,16H2. The molecule has 1 fully saturated rings. The van der Waals surface area contributed by atoms with Gasteiger partial charge in [0.05, 0.1) is 23.9 Å².